The topological polar surface area (TPSA) is 30.7 Å². The molecule has 2 aromatic heterocycles. The summed E-state index contributed by atoms with van der Waals surface area (Å²) in [7, 11) is 0. The van der Waals surface area contributed by atoms with Gasteiger partial charge < -0.3 is 0 Å². The highest BCUT2D eigenvalue weighted by Crippen LogP contribution is 2.23. The second-order valence-electron chi connectivity index (χ2n) is 3.89. The number of pyridine rings is 1. The van der Waals surface area contributed by atoms with Crippen molar-refractivity contribution in [2.75, 3.05) is 0 Å². The number of hydrogen-bond donors (Lipinski definition) is 0. The van der Waals surface area contributed by atoms with Gasteiger partial charge in [0.2, 0.25) is 0 Å². The van der Waals surface area contributed by atoms with Crippen LogP contribution in [0.25, 0.3) is 16.6 Å². The summed E-state index contributed by atoms with van der Waals surface area (Å²) in [5.74, 6) is 0.368. The van der Waals surface area contributed by atoms with Gasteiger partial charge >= 0.3 is 0 Å². The lowest BCUT2D eigenvalue weighted by Gasteiger charge is -2.08. The van der Waals surface area contributed by atoms with Gasteiger partial charge in [-0.05, 0) is 12.1 Å². The van der Waals surface area contributed by atoms with Crippen LogP contribution in [0.5, 0.6) is 0 Å². The summed E-state index contributed by atoms with van der Waals surface area (Å²) in [5.41, 5.74) is 2.65. The predicted molar refractivity (Wildman–Crippen MR) is 73.4 cm³/mol. The summed E-state index contributed by atoms with van der Waals surface area (Å²) in [6.07, 6.45) is 3.37. The van der Waals surface area contributed by atoms with Crippen LogP contribution in [0.3, 0.4) is 0 Å². The lowest BCUT2D eigenvalue weighted by molar-refractivity contribution is 0.883. The SMILES string of the molecule is ClCc1cc(-n2cc(Cl)cn2)c2ccccc2n1. The molecule has 0 atom stereocenters. The highest BCUT2D eigenvalue weighted by Gasteiger charge is 2.08. The van der Waals surface area contributed by atoms with Crippen LogP contribution in [0.2, 0.25) is 5.02 Å². The summed E-state index contributed by atoms with van der Waals surface area (Å²) in [6.45, 7) is 0. The Hall–Kier alpha value is -1.58. The third-order valence-corrected chi connectivity index (χ3v) is 3.15. The predicted octanol–water partition coefficient (Wildman–Crippen LogP) is 3.81. The van der Waals surface area contributed by atoms with Gasteiger partial charge in [-0.15, -0.1) is 11.6 Å². The molecule has 0 aliphatic heterocycles. The van der Waals surface area contributed by atoms with Crippen LogP contribution in [-0.2, 0) is 5.88 Å². The average molecular weight is 278 g/mol. The zero-order chi connectivity index (χ0) is 12.5. The summed E-state index contributed by atoms with van der Waals surface area (Å²) < 4.78 is 1.74. The van der Waals surface area contributed by atoms with Gasteiger partial charge in [-0.2, -0.15) is 5.10 Å². The first-order valence-electron chi connectivity index (χ1n) is 5.43. The molecule has 0 N–H and O–H groups in total. The first-order valence-corrected chi connectivity index (χ1v) is 6.34. The number of halogens is 2. The number of alkyl halides is 1. The Labute approximate surface area is 114 Å². The zero-order valence-electron chi connectivity index (χ0n) is 9.35. The molecule has 0 saturated carbocycles. The van der Waals surface area contributed by atoms with Gasteiger partial charge in [-0.25, -0.2) is 4.68 Å². The van der Waals surface area contributed by atoms with Crippen molar-refractivity contribution in [2.24, 2.45) is 0 Å². The molecule has 0 aliphatic rings. The smallest absolute Gasteiger partial charge is 0.0790 e. The van der Waals surface area contributed by atoms with Crippen molar-refractivity contribution in [1.82, 2.24) is 14.8 Å². The summed E-state index contributed by atoms with van der Waals surface area (Å²) >= 11 is 11.8. The van der Waals surface area contributed by atoms with E-state index >= 15 is 0 Å². The van der Waals surface area contributed by atoms with Gasteiger partial charge in [0, 0.05) is 11.6 Å². The molecule has 3 rings (SSSR count). The highest BCUT2D eigenvalue weighted by atomic mass is 35.5. The number of fused-ring (bicyclic) bond motifs is 1. The van der Waals surface area contributed by atoms with Crippen LogP contribution in [0, 0.1) is 0 Å². The van der Waals surface area contributed by atoms with E-state index in [1.165, 1.54) is 0 Å². The molecule has 90 valence electrons. The van der Waals surface area contributed by atoms with E-state index in [0.717, 1.165) is 22.3 Å². The minimum absolute atomic E-state index is 0.368. The molecule has 2 heterocycles. The first kappa shape index (κ1) is 11.5. The van der Waals surface area contributed by atoms with E-state index in [0.29, 0.717) is 10.9 Å². The Morgan fingerprint density at radius 3 is 2.78 bits per heavy atom. The number of para-hydroxylation sites is 1. The van der Waals surface area contributed by atoms with Crippen molar-refractivity contribution in [3.8, 4) is 5.69 Å². The van der Waals surface area contributed by atoms with Crippen LogP contribution in [0.1, 0.15) is 5.69 Å². The molecule has 0 unspecified atom stereocenters. The lowest BCUT2D eigenvalue weighted by Crippen LogP contribution is -1.99. The van der Waals surface area contributed by atoms with Gasteiger partial charge in [-0.1, -0.05) is 29.8 Å². The molecule has 0 spiro atoms. The van der Waals surface area contributed by atoms with E-state index in [2.05, 4.69) is 10.1 Å². The van der Waals surface area contributed by atoms with Crippen molar-refractivity contribution < 1.29 is 0 Å². The standard InChI is InChI=1S/C13H9Cl2N3/c14-6-10-5-13(18-8-9(15)7-16-18)11-3-1-2-4-12(11)17-10/h1-5,7-8H,6H2. The van der Waals surface area contributed by atoms with E-state index in [1.54, 1.807) is 17.1 Å². The molecule has 0 amide bonds. The Balaban J connectivity index is 2.32. The zero-order valence-corrected chi connectivity index (χ0v) is 10.9. The van der Waals surface area contributed by atoms with Crippen LogP contribution < -0.4 is 0 Å². The third kappa shape index (κ3) is 1.96. The average Bonchev–Trinajstić information content (AvgIpc) is 2.84. The van der Waals surface area contributed by atoms with Gasteiger partial charge in [-0.3, -0.25) is 4.98 Å². The molecule has 3 aromatic rings. The Morgan fingerprint density at radius 1 is 1.22 bits per heavy atom. The van der Waals surface area contributed by atoms with Crippen LogP contribution in [0.15, 0.2) is 42.7 Å². The van der Waals surface area contributed by atoms with Gasteiger partial charge in [0.25, 0.3) is 0 Å². The maximum absolute atomic E-state index is 5.91. The van der Waals surface area contributed by atoms with Crippen LogP contribution in [0.4, 0.5) is 0 Å². The number of aromatic nitrogens is 3. The first-order chi connectivity index (χ1) is 8.78. The molecule has 5 heteroatoms. The number of hydrogen-bond acceptors (Lipinski definition) is 2. The second-order valence-corrected chi connectivity index (χ2v) is 4.59. The molecule has 18 heavy (non-hydrogen) atoms. The molecular weight excluding hydrogens is 269 g/mol. The maximum atomic E-state index is 5.91. The van der Waals surface area contributed by atoms with E-state index in [1.807, 2.05) is 30.3 Å². The molecule has 0 bridgehead atoms. The van der Waals surface area contributed by atoms with Crippen LogP contribution in [-0.4, -0.2) is 14.8 Å². The minimum atomic E-state index is 0.368. The Bertz CT molecular complexity index is 706. The summed E-state index contributed by atoms with van der Waals surface area (Å²) in [5, 5.41) is 5.85. The Morgan fingerprint density at radius 2 is 2.06 bits per heavy atom. The molecule has 1 aromatic carbocycles. The number of nitrogens with zero attached hydrogens (tertiary/aromatic N) is 3. The Kier molecular flexibility index (Phi) is 2.94. The number of benzene rings is 1. The third-order valence-electron chi connectivity index (χ3n) is 2.68. The van der Waals surface area contributed by atoms with Crippen molar-refractivity contribution in [3.63, 3.8) is 0 Å². The lowest BCUT2D eigenvalue weighted by atomic mass is 10.1. The highest BCUT2D eigenvalue weighted by molar-refractivity contribution is 6.30. The monoisotopic (exact) mass is 277 g/mol. The largest absolute Gasteiger partial charge is 0.251 e. The normalized spacial score (nSPS) is 11.0. The van der Waals surface area contributed by atoms with Crippen molar-refractivity contribution in [1.29, 1.82) is 0 Å². The number of rotatable bonds is 2. The van der Waals surface area contributed by atoms with E-state index in [9.17, 15) is 0 Å². The molecule has 0 aliphatic carbocycles. The summed E-state index contributed by atoms with van der Waals surface area (Å²) in [6, 6.07) is 9.82. The van der Waals surface area contributed by atoms with Crippen molar-refractivity contribution in [2.45, 2.75) is 5.88 Å². The fourth-order valence-electron chi connectivity index (χ4n) is 1.90. The molecule has 0 radical (unpaired) electrons. The summed E-state index contributed by atoms with van der Waals surface area (Å²) in [4.78, 5) is 4.48. The van der Waals surface area contributed by atoms with Gasteiger partial charge in [0.1, 0.15) is 0 Å². The van der Waals surface area contributed by atoms with E-state index in [4.69, 9.17) is 23.2 Å². The fraction of sp³-hybridized carbons (Fsp3) is 0.0769. The van der Waals surface area contributed by atoms with Gasteiger partial charge in [0.15, 0.2) is 0 Å². The fourth-order valence-corrected chi connectivity index (χ4v) is 2.17. The quantitative estimate of drug-likeness (QED) is 0.667. The second kappa shape index (κ2) is 4.59. The maximum Gasteiger partial charge on any atom is 0.0790 e. The molecule has 0 saturated heterocycles. The van der Waals surface area contributed by atoms with Gasteiger partial charge in [0.05, 0.1) is 34.0 Å². The van der Waals surface area contributed by atoms with Crippen molar-refractivity contribution >= 4 is 34.1 Å². The van der Waals surface area contributed by atoms with Crippen LogP contribution >= 0.6 is 23.2 Å². The minimum Gasteiger partial charge on any atom is -0.251 e. The van der Waals surface area contributed by atoms with E-state index in [-0.39, 0.29) is 0 Å². The molecular formula is C13H9Cl2N3. The van der Waals surface area contributed by atoms with E-state index < -0.39 is 0 Å². The van der Waals surface area contributed by atoms with Crippen molar-refractivity contribution in [3.05, 3.63) is 53.4 Å². The molecule has 0 fully saturated rings. The molecule has 3 nitrogen and oxygen atoms in total.